The molecule has 0 aliphatic heterocycles. The number of nitrogens with one attached hydrogen (secondary N) is 2. The molecule has 4 rings (SSSR count). The van der Waals surface area contributed by atoms with E-state index >= 15 is 0 Å². The molecule has 2 heterocycles. The minimum absolute atomic E-state index is 0.0508. The first-order chi connectivity index (χ1) is 12.2. The number of hydrogen-bond donors (Lipinski definition) is 2. The number of imidazole rings is 1. The average Bonchev–Trinajstić information content (AvgIpc) is 3.10. The van der Waals surface area contributed by atoms with Crippen LogP contribution in [0.2, 0.25) is 0 Å². The van der Waals surface area contributed by atoms with Crippen LogP contribution < -0.4 is 5.32 Å². The molecule has 7 heteroatoms. The number of nitrogens with zero attached hydrogens (tertiary/aromatic N) is 3. The van der Waals surface area contributed by atoms with Crippen molar-refractivity contribution in [3.8, 4) is 11.3 Å². The second-order valence-electron chi connectivity index (χ2n) is 5.45. The molecule has 5 nitrogen and oxygen atoms in total. The standard InChI is InChI=1S/C18H13F2N5/c19-17(20)12-2-1-3-13(8-12)24-18-21-7-6-14(25-18)11-4-5-15-16(9-11)23-10-22-15/h1-10,17H,(H,22,23)(H,21,24,25). The summed E-state index contributed by atoms with van der Waals surface area (Å²) < 4.78 is 25.6. The van der Waals surface area contributed by atoms with E-state index in [2.05, 4.69) is 25.3 Å². The van der Waals surface area contributed by atoms with E-state index in [-0.39, 0.29) is 5.56 Å². The summed E-state index contributed by atoms with van der Waals surface area (Å²) in [6.07, 6.45) is 0.739. The van der Waals surface area contributed by atoms with Crippen molar-refractivity contribution in [1.29, 1.82) is 0 Å². The van der Waals surface area contributed by atoms with Gasteiger partial charge in [0.25, 0.3) is 6.43 Å². The zero-order chi connectivity index (χ0) is 17.2. The Labute approximate surface area is 141 Å². The van der Waals surface area contributed by atoms with Gasteiger partial charge in [-0.3, -0.25) is 0 Å². The molecule has 0 spiro atoms. The van der Waals surface area contributed by atoms with Gasteiger partial charge in [0.1, 0.15) is 0 Å². The summed E-state index contributed by atoms with van der Waals surface area (Å²) in [4.78, 5) is 15.9. The first-order valence-corrected chi connectivity index (χ1v) is 7.61. The van der Waals surface area contributed by atoms with Gasteiger partial charge in [0, 0.05) is 23.0 Å². The van der Waals surface area contributed by atoms with E-state index in [0.717, 1.165) is 16.6 Å². The van der Waals surface area contributed by atoms with E-state index in [1.54, 1.807) is 30.7 Å². The smallest absolute Gasteiger partial charge is 0.263 e. The zero-order valence-corrected chi connectivity index (χ0v) is 12.9. The predicted molar refractivity (Wildman–Crippen MR) is 91.8 cm³/mol. The molecule has 0 fully saturated rings. The van der Waals surface area contributed by atoms with Crippen molar-refractivity contribution >= 4 is 22.7 Å². The van der Waals surface area contributed by atoms with E-state index in [1.165, 1.54) is 12.1 Å². The van der Waals surface area contributed by atoms with Crippen LogP contribution in [-0.4, -0.2) is 19.9 Å². The first kappa shape index (κ1) is 15.2. The molecule has 0 amide bonds. The first-order valence-electron chi connectivity index (χ1n) is 7.61. The number of halogens is 2. The zero-order valence-electron chi connectivity index (χ0n) is 12.9. The number of hydrogen-bond acceptors (Lipinski definition) is 4. The Balaban J connectivity index is 1.64. The molecular formula is C18H13F2N5. The van der Waals surface area contributed by atoms with Crippen LogP contribution in [0.1, 0.15) is 12.0 Å². The molecule has 124 valence electrons. The molecular weight excluding hydrogens is 324 g/mol. The largest absolute Gasteiger partial charge is 0.345 e. The maximum atomic E-state index is 12.8. The highest BCUT2D eigenvalue weighted by Crippen LogP contribution is 2.25. The van der Waals surface area contributed by atoms with E-state index in [0.29, 0.717) is 17.3 Å². The quantitative estimate of drug-likeness (QED) is 0.566. The second-order valence-corrected chi connectivity index (χ2v) is 5.45. The van der Waals surface area contributed by atoms with Crippen LogP contribution >= 0.6 is 0 Å². The fraction of sp³-hybridized carbons (Fsp3) is 0.0556. The fourth-order valence-electron chi connectivity index (χ4n) is 2.55. The van der Waals surface area contributed by atoms with Crippen molar-refractivity contribution < 1.29 is 8.78 Å². The lowest BCUT2D eigenvalue weighted by molar-refractivity contribution is 0.151. The second kappa shape index (κ2) is 6.27. The van der Waals surface area contributed by atoms with Gasteiger partial charge in [0.05, 0.1) is 23.1 Å². The molecule has 2 aromatic carbocycles. The topological polar surface area (TPSA) is 66.5 Å². The third kappa shape index (κ3) is 3.16. The number of aromatic nitrogens is 4. The predicted octanol–water partition coefficient (Wildman–Crippen LogP) is 4.70. The Morgan fingerprint density at radius 3 is 2.80 bits per heavy atom. The molecule has 2 aromatic heterocycles. The normalized spacial score (nSPS) is 11.2. The molecule has 0 aliphatic carbocycles. The van der Waals surface area contributed by atoms with Gasteiger partial charge in [-0.1, -0.05) is 18.2 Å². The number of H-pyrrole nitrogens is 1. The number of benzene rings is 2. The van der Waals surface area contributed by atoms with Crippen molar-refractivity contribution in [3.05, 3.63) is 66.6 Å². The highest BCUT2D eigenvalue weighted by atomic mass is 19.3. The molecule has 4 aromatic rings. The van der Waals surface area contributed by atoms with E-state index < -0.39 is 6.43 Å². The number of rotatable bonds is 4. The van der Waals surface area contributed by atoms with Crippen LogP contribution in [0.25, 0.3) is 22.3 Å². The van der Waals surface area contributed by atoms with Gasteiger partial charge >= 0.3 is 0 Å². The molecule has 0 bridgehead atoms. The molecule has 2 N–H and O–H groups in total. The maximum Gasteiger partial charge on any atom is 0.263 e. The van der Waals surface area contributed by atoms with Crippen LogP contribution in [0.4, 0.5) is 20.4 Å². The molecule has 0 radical (unpaired) electrons. The van der Waals surface area contributed by atoms with Gasteiger partial charge in [-0.05, 0) is 30.3 Å². The van der Waals surface area contributed by atoms with Crippen molar-refractivity contribution in [2.45, 2.75) is 6.43 Å². The number of anilines is 2. The van der Waals surface area contributed by atoms with Gasteiger partial charge in [0.2, 0.25) is 5.95 Å². The van der Waals surface area contributed by atoms with Gasteiger partial charge in [-0.15, -0.1) is 0 Å². The van der Waals surface area contributed by atoms with E-state index in [1.807, 2.05) is 18.2 Å². The Hall–Kier alpha value is -3.35. The summed E-state index contributed by atoms with van der Waals surface area (Å²) in [7, 11) is 0. The number of alkyl halides is 2. The fourth-order valence-corrected chi connectivity index (χ4v) is 2.55. The summed E-state index contributed by atoms with van der Waals surface area (Å²) in [5, 5.41) is 2.96. The summed E-state index contributed by atoms with van der Waals surface area (Å²) in [6, 6.07) is 13.6. The van der Waals surface area contributed by atoms with Gasteiger partial charge in [0.15, 0.2) is 0 Å². The number of aromatic amines is 1. The number of fused-ring (bicyclic) bond motifs is 1. The van der Waals surface area contributed by atoms with Crippen molar-refractivity contribution in [1.82, 2.24) is 19.9 Å². The highest BCUT2D eigenvalue weighted by Gasteiger charge is 2.09. The molecule has 0 saturated heterocycles. The summed E-state index contributed by atoms with van der Waals surface area (Å²) >= 11 is 0. The molecule has 25 heavy (non-hydrogen) atoms. The van der Waals surface area contributed by atoms with Crippen molar-refractivity contribution in [3.63, 3.8) is 0 Å². The lowest BCUT2D eigenvalue weighted by Gasteiger charge is -2.08. The molecule has 0 aliphatic rings. The Morgan fingerprint density at radius 1 is 1.00 bits per heavy atom. The summed E-state index contributed by atoms with van der Waals surface area (Å²) in [5.41, 5.74) is 3.86. The average molecular weight is 337 g/mol. The van der Waals surface area contributed by atoms with Crippen LogP contribution in [0, 0.1) is 0 Å². The van der Waals surface area contributed by atoms with Gasteiger partial charge < -0.3 is 10.3 Å². The minimum Gasteiger partial charge on any atom is -0.345 e. The highest BCUT2D eigenvalue weighted by molar-refractivity contribution is 5.80. The van der Waals surface area contributed by atoms with Gasteiger partial charge in [-0.25, -0.2) is 23.7 Å². The minimum atomic E-state index is -2.52. The van der Waals surface area contributed by atoms with Crippen LogP contribution in [0.3, 0.4) is 0 Å². The molecule has 0 unspecified atom stereocenters. The molecule has 0 atom stereocenters. The Kier molecular flexibility index (Phi) is 3.81. The lowest BCUT2D eigenvalue weighted by atomic mass is 10.1. The summed E-state index contributed by atoms with van der Waals surface area (Å²) in [6.45, 7) is 0. The Bertz CT molecular complexity index is 1030. The van der Waals surface area contributed by atoms with Crippen molar-refractivity contribution in [2.24, 2.45) is 0 Å². The van der Waals surface area contributed by atoms with Crippen LogP contribution in [0.15, 0.2) is 61.1 Å². The third-order valence-electron chi connectivity index (χ3n) is 3.77. The van der Waals surface area contributed by atoms with Crippen molar-refractivity contribution in [2.75, 3.05) is 5.32 Å². The van der Waals surface area contributed by atoms with Gasteiger partial charge in [-0.2, -0.15) is 0 Å². The summed E-state index contributed by atoms with van der Waals surface area (Å²) in [5.74, 6) is 0.339. The van der Waals surface area contributed by atoms with Crippen LogP contribution in [0.5, 0.6) is 0 Å². The molecule has 0 saturated carbocycles. The Morgan fingerprint density at radius 2 is 1.92 bits per heavy atom. The van der Waals surface area contributed by atoms with E-state index in [4.69, 9.17) is 0 Å². The SMILES string of the molecule is FC(F)c1cccc(Nc2nccc(-c3ccc4[nH]cnc4c3)n2)c1. The van der Waals surface area contributed by atoms with E-state index in [9.17, 15) is 8.78 Å². The third-order valence-corrected chi connectivity index (χ3v) is 3.77. The maximum absolute atomic E-state index is 12.8. The monoisotopic (exact) mass is 337 g/mol. The lowest BCUT2D eigenvalue weighted by Crippen LogP contribution is -1.98. The van der Waals surface area contributed by atoms with Crippen LogP contribution in [-0.2, 0) is 0 Å².